The highest BCUT2D eigenvalue weighted by atomic mass is 16.5. The monoisotopic (exact) mass is 449 g/mol. The Morgan fingerprint density at radius 3 is 2.59 bits per heavy atom. The van der Waals surface area contributed by atoms with Crippen molar-refractivity contribution in [3.63, 3.8) is 0 Å². The fourth-order valence-corrected chi connectivity index (χ4v) is 3.71. The predicted octanol–water partition coefficient (Wildman–Crippen LogP) is 4.86. The van der Waals surface area contributed by atoms with Gasteiger partial charge in [-0.1, -0.05) is 60.2 Å². The summed E-state index contributed by atoms with van der Waals surface area (Å²) in [6, 6.07) is 23.1. The maximum atomic E-state index is 13.3. The van der Waals surface area contributed by atoms with Gasteiger partial charge in [0.1, 0.15) is 12.4 Å². The maximum absolute atomic E-state index is 13.3. The van der Waals surface area contributed by atoms with Crippen molar-refractivity contribution in [1.29, 1.82) is 0 Å². The van der Waals surface area contributed by atoms with E-state index >= 15 is 0 Å². The molecule has 0 saturated carbocycles. The number of ether oxygens (including phenoxy) is 1. The number of H-pyrrole nitrogens is 1. The molecule has 7 nitrogen and oxygen atoms in total. The van der Waals surface area contributed by atoms with Gasteiger partial charge in [-0.3, -0.25) is 9.89 Å². The van der Waals surface area contributed by atoms with E-state index in [1.54, 1.807) is 18.5 Å². The minimum atomic E-state index is -0.259. The van der Waals surface area contributed by atoms with Gasteiger partial charge in [-0.25, -0.2) is 4.98 Å². The van der Waals surface area contributed by atoms with Gasteiger partial charge < -0.3 is 4.74 Å². The molecule has 2 heterocycles. The van der Waals surface area contributed by atoms with Gasteiger partial charge in [0.05, 0.1) is 29.0 Å². The summed E-state index contributed by atoms with van der Waals surface area (Å²) in [6.07, 6.45) is 3.30. The molecular formula is C27H23N5O2. The number of hydrogen-bond acceptors (Lipinski definition) is 5. The van der Waals surface area contributed by atoms with Crippen LogP contribution in [0.3, 0.4) is 0 Å². The zero-order valence-corrected chi connectivity index (χ0v) is 18.9. The molecular weight excluding hydrogens is 426 g/mol. The first-order chi connectivity index (χ1) is 16.6. The third-order valence-electron chi connectivity index (χ3n) is 5.59. The molecule has 34 heavy (non-hydrogen) atoms. The van der Waals surface area contributed by atoms with Gasteiger partial charge in [0.2, 0.25) is 0 Å². The van der Waals surface area contributed by atoms with E-state index in [0.717, 1.165) is 28.1 Å². The van der Waals surface area contributed by atoms with Crippen LogP contribution in [-0.2, 0) is 6.61 Å². The molecule has 0 radical (unpaired) electrons. The van der Waals surface area contributed by atoms with Gasteiger partial charge in [-0.2, -0.15) is 14.9 Å². The Morgan fingerprint density at radius 2 is 1.76 bits per heavy atom. The van der Waals surface area contributed by atoms with Gasteiger partial charge in [0.15, 0.2) is 5.82 Å². The summed E-state index contributed by atoms with van der Waals surface area (Å²) in [6.45, 7) is 4.11. The van der Waals surface area contributed by atoms with Crippen molar-refractivity contribution in [1.82, 2.24) is 19.9 Å². The number of hydrogen-bond donors (Lipinski definition) is 1. The van der Waals surface area contributed by atoms with Crippen LogP contribution in [0.5, 0.6) is 5.75 Å². The lowest BCUT2D eigenvalue weighted by molar-refractivity contribution is 0.287. The summed E-state index contributed by atoms with van der Waals surface area (Å²) in [7, 11) is 0. The smallest absolute Gasteiger partial charge is 0.282 e. The van der Waals surface area contributed by atoms with E-state index < -0.39 is 0 Å². The van der Waals surface area contributed by atoms with E-state index in [1.165, 1.54) is 10.2 Å². The van der Waals surface area contributed by atoms with Crippen molar-refractivity contribution in [2.24, 2.45) is 5.10 Å². The van der Waals surface area contributed by atoms with Crippen molar-refractivity contribution in [3.05, 3.63) is 112 Å². The van der Waals surface area contributed by atoms with Gasteiger partial charge in [-0.15, -0.1) is 0 Å². The highest BCUT2D eigenvalue weighted by Gasteiger charge is 2.12. The van der Waals surface area contributed by atoms with E-state index in [4.69, 9.17) is 4.74 Å². The molecule has 0 saturated heterocycles. The molecule has 0 bridgehead atoms. The minimum absolute atomic E-state index is 0.0957. The number of aromatic nitrogens is 4. The number of nitrogens with one attached hydrogen (secondary N) is 1. The minimum Gasteiger partial charge on any atom is -0.485 e. The van der Waals surface area contributed by atoms with Crippen molar-refractivity contribution in [2.75, 3.05) is 0 Å². The number of fused-ring (bicyclic) bond motifs is 1. The van der Waals surface area contributed by atoms with Crippen LogP contribution in [0, 0.1) is 13.8 Å². The number of para-hydroxylation sites is 2. The van der Waals surface area contributed by atoms with Crippen LogP contribution < -0.4 is 10.3 Å². The Balaban J connectivity index is 1.54. The average molecular weight is 450 g/mol. The summed E-state index contributed by atoms with van der Waals surface area (Å²) in [5.41, 5.74) is 5.08. The number of aromatic amines is 1. The number of rotatable bonds is 6. The third kappa shape index (κ3) is 4.23. The van der Waals surface area contributed by atoms with Crippen molar-refractivity contribution in [2.45, 2.75) is 20.5 Å². The van der Waals surface area contributed by atoms with E-state index in [1.807, 2.05) is 80.6 Å². The molecule has 1 N–H and O–H groups in total. The highest BCUT2D eigenvalue weighted by Crippen LogP contribution is 2.21. The SMILES string of the molecule is Cc1ccc(-c2[nH]ncc2/C=N/n2c(COc3ccccc3C)nc3ccccc3c2=O)cc1. The predicted molar refractivity (Wildman–Crippen MR) is 133 cm³/mol. The quantitative estimate of drug-likeness (QED) is 0.375. The maximum Gasteiger partial charge on any atom is 0.282 e. The molecule has 5 aromatic rings. The second kappa shape index (κ2) is 9.15. The van der Waals surface area contributed by atoms with E-state index in [2.05, 4.69) is 20.3 Å². The molecule has 0 aliphatic carbocycles. The Kier molecular flexibility index (Phi) is 5.74. The largest absolute Gasteiger partial charge is 0.485 e. The van der Waals surface area contributed by atoms with Gasteiger partial charge >= 0.3 is 0 Å². The molecule has 0 unspecified atom stereocenters. The lowest BCUT2D eigenvalue weighted by Crippen LogP contribution is -2.23. The normalized spacial score (nSPS) is 11.4. The molecule has 0 fully saturated rings. The van der Waals surface area contributed by atoms with Crippen LogP contribution in [0.1, 0.15) is 22.5 Å². The highest BCUT2D eigenvalue weighted by molar-refractivity contribution is 5.88. The first-order valence-corrected chi connectivity index (χ1v) is 10.9. The molecule has 0 aliphatic rings. The Labute approximate surface area is 196 Å². The van der Waals surface area contributed by atoms with E-state index in [9.17, 15) is 4.79 Å². The lowest BCUT2D eigenvalue weighted by atomic mass is 10.1. The zero-order chi connectivity index (χ0) is 23.5. The summed E-state index contributed by atoms with van der Waals surface area (Å²) in [5.74, 6) is 1.14. The zero-order valence-electron chi connectivity index (χ0n) is 18.9. The molecule has 7 heteroatoms. The summed E-state index contributed by atoms with van der Waals surface area (Å²) < 4.78 is 7.29. The molecule has 0 aliphatic heterocycles. The van der Waals surface area contributed by atoms with Crippen LogP contribution in [0.15, 0.2) is 88.9 Å². The lowest BCUT2D eigenvalue weighted by Gasteiger charge is -2.12. The summed E-state index contributed by atoms with van der Waals surface area (Å²) >= 11 is 0. The van der Waals surface area contributed by atoms with E-state index in [-0.39, 0.29) is 12.2 Å². The van der Waals surface area contributed by atoms with Gasteiger partial charge in [0, 0.05) is 11.1 Å². The number of benzene rings is 3. The van der Waals surface area contributed by atoms with Crippen LogP contribution in [0.2, 0.25) is 0 Å². The van der Waals surface area contributed by atoms with Crippen molar-refractivity contribution in [3.8, 4) is 17.0 Å². The average Bonchev–Trinajstić information content (AvgIpc) is 3.32. The molecule has 0 atom stereocenters. The molecule has 168 valence electrons. The Hall–Kier alpha value is -4.52. The Morgan fingerprint density at radius 1 is 1.00 bits per heavy atom. The molecule has 0 amide bonds. The second-order valence-corrected chi connectivity index (χ2v) is 8.03. The molecule has 3 aromatic carbocycles. The first-order valence-electron chi connectivity index (χ1n) is 10.9. The standard InChI is InChI=1S/C27H23N5O2/c1-18-11-13-20(14-12-18)26-21(15-28-31-26)16-29-32-25(17-34-24-10-6-3-7-19(24)2)30-23-9-5-4-8-22(23)27(32)33/h3-16H,17H2,1-2H3,(H,28,31)/b29-16+. The summed E-state index contributed by atoms with van der Waals surface area (Å²) in [5, 5.41) is 12.2. The third-order valence-corrected chi connectivity index (χ3v) is 5.59. The second-order valence-electron chi connectivity index (χ2n) is 8.03. The Bertz CT molecular complexity index is 1550. The van der Waals surface area contributed by atoms with E-state index in [0.29, 0.717) is 16.7 Å². The fraction of sp³-hybridized carbons (Fsp3) is 0.111. The topological polar surface area (TPSA) is 85.2 Å². The summed E-state index contributed by atoms with van der Waals surface area (Å²) in [4.78, 5) is 18.0. The van der Waals surface area contributed by atoms with Gasteiger partial charge in [0.25, 0.3) is 5.56 Å². The number of nitrogens with zero attached hydrogens (tertiary/aromatic N) is 4. The molecule has 2 aromatic heterocycles. The van der Waals surface area contributed by atoms with Crippen molar-refractivity contribution >= 4 is 17.1 Å². The van der Waals surface area contributed by atoms with Crippen LogP contribution in [0.25, 0.3) is 22.2 Å². The van der Waals surface area contributed by atoms with Crippen LogP contribution in [-0.4, -0.2) is 26.1 Å². The fourth-order valence-electron chi connectivity index (χ4n) is 3.71. The van der Waals surface area contributed by atoms with Crippen molar-refractivity contribution < 1.29 is 4.74 Å². The number of aryl methyl sites for hydroxylation is 2. The first kappa shape index (κ1) is 21.3. The van der Waals surface area contributed by atoms with Crippen LogP contribution >= 0.6 is 0 Å². The van der Waals surface area contributed by atoms with Crippen LogP contribution in [0.4, 0.5) is 0 Å². The molecule has 0 spiro atoms. The molecule has 5 rings (SSSR count). The van der Waals surface area contributed by atoms with Gasteiger partial charge in [-0.05, 0) is 37.6 Å².